The smallest absolute Gasteiger partial charge is 0.346 e. The van der Waals surface area contributed by atoms with Crippen molar-refractivity contribution in [1.29, 1.82) is 0 Å². The van der Waals surface area contributed by atoms with Crippen molar-refractivity contribution >= 4 is 28.9 Å². The Morgan fingerprint density at radius 3 is 2.88 bits per heavy atom. The number of cyclic esters (lactones) is 1. The molecule has 0 saturated carbocycles. The Bertz CT molecular complexity index is 1410. The van der Waals surface area contributed by atoms with Crippen LogP contribution in [0.25, 0.3) is 28.4 Å². The lowest BCUT2D eigenvalue weighted by molar-refractivity contribution is -0.210. The Hall–Kier alpha value is -3.78. The Balaban J connectivity index is 1.80. The van der Waals surface area contributed by atoms with E-state index in [1.807, 2.05) is 24.3 Å². The number of ether oxygens (including phenoxy) is 2. The second-order valence-corrected chi connectivity index (χ2v) is 7.93. The topological polar surface area (TPSA) is 108 Å². The zero-order valence-corrected chi connectivity index (χ0v) is 17.5. The number of aliphatic hydroxyl groups is 1. The van der Waals surface area contributed by atoms with Crippen molar-refractivity contribution in [2.75, 3.05) is 0 Å². The van der Waals surface area contributed by atoms with Crippen LogP contribution in [0.2, 0.25) is 0 Å². The second kappa shape index (κ2) is 6.86. The highest BCUT2D eigenvalue weighted by Crippen LogP contribution is 2.42. The molecule has 0 aliphatic carbocycles. The lowest BCUT2D eigenvalue weighted by atomic mass is 9.85. The third-order valence-corrected chi connectivity index (χ3v) is 6.10. The molecule has 8 heteroatoms. The van der Waals surface area contributed by atoms with Crippen molar-refractivity contribution in [3.8, 4) is 11.4 Å². The fraction of sp³-hybridized carbons (Fsp3) is 0.250. The summed E-state index contributed by atoms with van der Waals surface area (Å²) < 4.78 is 11.8. The Morgan fingerprint density at radius 1 is 1.41 bits per heavy atom. The summed E-state index contributed by atoms with van der Waals surface area (Å²) in [4.78, 5) is 42.5. The Labute approximate surface area is 182 Å². The van der Waals surface area contributed by atoms with Crippen molar-refractivity contribution in [3.05, 3.63) is 69.5 Å². The fourth-order valence-corrected chi connectivity index (χ4v) is 4.46. The van der Waals surface area contributed by atoms with E-state index in [1.165, 1.54) is 4.57 Å². The molecule has 2 aliphatic heterocycles. The lowest BCUT2D eigenvalue weighted by Crippen LogP contribution is -2.46. The highest BCUT2D eigenvalue weighted by Gasteiger charge is 2.50. The summed E-state index contributed by atoms with van der Waals surface area (Å²) >= 11 is 0. The minimum absolute atomic E-state index is 0.0207. The molecule has 4 heterocycles. The number of rotatable bonds is 3. The minimum Gasteiger partial charge on any atom is -0.421 e. The molecular weight excluding hydrogens is 412 g/mol. The van der Waals surface area contributed by atoms with Gasteiger partial charge in [-0.2, -0.15) is 0 Å². The molecule has 0 bridgehead atoms. The van der Waals surface area contributed by atoms with E-state index in [2.05, 4.69) is 6.58 Å². The van der Waals surface area contributed by atoms with Gasteiger partial charge in [-0.15, -0.1) is 0 Å². The summed E-state index contributed by atoms with van der Waals surface area (Å²) in [5.41, 5.74) is 0.967. The molecule has 32 heavy (non-hydrogen) atoms. The van der Waals surface area contributed by atoms with E-state index in [-0.39, 0.29) is 24.1 Å². The molecule has 162 valence electrons. The zero-order chi connectivity index (χ0) is 22.8. The highest BCUT2D eigenvalue weighted by atomic mass is 16.7. The van der Waals surface area contributed by atoms with Crippen molar-refractivity contribution in [1.82, 2.24) is 9.55 Å². The number of hydrogen-bond acceptors (Lipinski definition) is 7. The van der Waals surface area contributed by atoms with Crippen LogP contribution in [0.5, 0.6) is 0 Å². The summed E-state index contributed by atoms with van der Waals surface area (Å²) in [5, 5.41) is 12.0. The van der Waals surface area contributed by atoms with E-state index in [1.54, 1.807) is 19.1 Å². The van der Waals surface area contributed by atoms with Crippen LogP contribution in [-0.2, 0) is 31.2 Å². The van der Waals surface area contributed by atoms with Crippen LogP contribution >= 0.6 is 0 Å². The van der Waals surface area contributed by atoms with E-state index in [9.17, 15) is 19.5 Å². The maximum atomic E-state index is 13.5. The largest absolute Gasteiger partial charge is 0.421 e. The first-order valence-electron chi connectivity index (χ1n) is 10.2. The maximum absolute atomic E-state index is 13.5. The van der Waals surface area contributed by atoms with Gasteiger partial charge in [-0.05, 0) is 18.6 Å². The van der Waals surface area contributed by atoms with E-state index in [4.69, 9.17) is 14.5 Å². The van der Waals surface area contributed by atoms with Crippen LogP contribution in [0.1, 0.15) is 48.8 Å². The predicted molar refractivity (Wildman–Crippen MR) is 115 cm³/mol. The van der Waals surface area contributed by atoms with E-state index in [0.717, 1.165) is 29.0 Å². The summed E-state index contributed by atoms with van der Waals surface area (Å²) in [6, 6.07) is 9.30. The van der Waals surface area contributed by atoms with Crippen LogP contribution < -0.4 is 5.56 Å². The number of benzene rings is 1. The Morgan fingerprint density at radius 2 is 2.19 bits per heavy atom. The minimum atomic E-state index is -2.04. The Kier molecular flexibility index (Phi) is 4.32. The summed E-state index contributed by atoms with van der Waals surface area (Å²) in [6.45, 7) is 6.86. The van der Waals surface area contributed by atoms with E-state index >= 15 is 0 Å². The molecule has 2 atom stereocenters. The first-order chi connectivity index (χ1) is 15.3. The third kappa shape index (κ3) is 2.66. The van der Waals surface area contributed by atoms with Gasteiger partial charge in [0.1, 0.15) is 5.56 Å². The number of esters is 2. The standard InChI is InChI=1S/C24H20N2O6/c1-4-13-7-6-8-14-9-15-11-26-17(20(15)25-19(13)14)10-16-18(21(26)28)22(31-12(3)27)32-23(29)24(16,30)5-2/h4,6-10,22,30H,1,5,11H2,2-3H3/t22?,24-/m0/s1. The lowest BCUT2D eigenvalue weighted by Gasteiger charge is -2.35. The molecule has 0 radical (unpaired) electrons. The number of fused-ring (bicyclic) bond motifs is 5. The van der Waals surface area contributed by atoms with Gasteiger partial charge < -0.3 is 19.1 Å². The zero-order valence-electron chi connectivity index (χ0n) is 17.5. The van der Waals surface area contributed by atoms with Gasteiger partial charge in [0.15, 0.2) is 5.60 Å². The molecule has 1 N–H and O–H groups in total. The number of hydrogen-bond donors (Lipinski definition) is 1. The number of para-hydroxylation sites is 1. The maximum Gasteiger partial charge on any atom is 0.346 e. The van der Waals surface area contributed by atoms with Crippen LogP contribution in [0.15, 0.2) is 41.7 Å². The first-order valence-corrected chi connectivity index (χ1v) is 10.2. The van der Waals surface area contributed by atoms with E-state index in [0.29, 0.717) is 11.4 Å². The molecule has 0 fully saturated rings. The number of pyridine rings is 2. The summed E-state index contributed by atoms with van der Waals surface area (Å²) in [5.74, 6) is -1.68. The van der Waals surface area contributed by atoms with Gasteiger partial charge in [0.25, 0.3) is 11.8 Å². The van der Waals surface area contributed by atoms with Crippen LogP contribution in [0.4, 0.5) is 0 Å². The molecule has 2 aliphatic rings. The quantitative estimate of drug-likeness (QED) is 0.496. The van der Waals surface area contributed by atoms with Gasteiger partial charge in [0.05, 0.1) is 23.4 Å². The van der Waals surface area contributed by atoms with Crippen LogP contribution in [0.3, 0.4) is 0 Å². The average molecular weight is 432 g/mol. The molecule has 8 nitrogen and oxygen atoms in total. The van der Waals surface area contributed by atoms with Gasteiger partial charge >= 0.3 is 11.9 Å². The van der Waals surface area contributed by atoms with Gasteiger partial charge in [-0.25, -0.2) is 9.78 Å². The monoisotopic (exact) mass is 432 g/mol. The summed E-state index contributed by atoms with van der Waals surface area (Å²) in [7, 11) is 0. The molecule has 0 spiro atoms. The third-order valence-electron chi connectivity index (χ3n) is 6.10. The molecular formula is C24H20N2O6. The second-order valence-electron chi connectivity index (χ2n) is 7.93. The predicted octanol–water partition coefficient (Wildman–Crippen LogP) is 2.78. The number of carbonyl (C=O) groups excluding carboxylic acids is 2. The molecule has 3 aromatic rings. The molecule has 1 unspecified atom stereocenters. The van der Waals surface area contributed by atoms with Crippen molar-refractivity contribution < 1.29 is 24.2 Å². The highest BCUT2D eigenvalue weighted by molar-refractivity contribution is 5.91. The van der Waals surface area contributed by atoms with Crippen LogP contribution in [0, 0.1) is 0 Å². The number of nitrogens with zero attached hydrogens (tertiary/aromatic N) is 2. The molecule has 2 aromatic heterocycles. The number of aromatic nitrogens is 2. The van der Waals surface area contributed by atoms with E-state index < -0.39 is 29.4 Å². The van der Waals surface area contributed by atoms with Gasteiger partial charge in [-0.1, -0.05) is 37.8 Å². The average Bonchev–Trinajstić information content (AvgIpc) is 3.12. The van der Waals surface area contributed by atoms with Crippen molar-refractivity contribution in [3.63, 3.8) is 0 Å². The molecule has 0 saturated heterocycles. The molecule has 1 aromatic carbocycles. The van der Waals surface area contributed by atoms with Gasteiger partial charge in [-0.3, -0.25) is 9.59 Å². The number of carbonyl (C=O) groups is 2. The fourth-order valence-electron chi connectivity index (χ4n) is 4.46. The van der Waals surface area contributed by atoms with Gasteiger partial charge in [0.2, 0.25) is 0 Å². The van der Waals surface area contributed by atoms with Gasteiger partial charge in [0, 0.05) is 29.0 Å². The molecule has 5 rings (SSSR count). The summed E-state index contributed by atoms with van der Waals surface area (Å²) in [6.07, 6.45) is 0.175. The van der Waals surface area contributed by atoms with Crippen LogP contribution in [-0.4, -0.2) is 26.6 Å². The molecule has 0 amide bonds. The normalized spacial score (nSPS) is 20.8. The SMILES string of the molecule is C=Cc1cccc2cc3c(nc12)-c1cc2c(c(=O)n1C3)C(OC(C)=O)OC(=O)[C@]2(O)CC. The van der Waals surface area contributed by atoms with Crippen molar-refractivity contribution in [2.24, 2.45) is 0 Å². The first kappa shape index (κ1) is 20.1. The van der Waals surface area contributed by atoms with Crippen molar-refractivity contribution in [2.45, 2.75) is 38.7 Å².